The fraction of sp³-hybridized carbons (Fsp3) is 0.263. The van der Waals surface area contributed by atoms with Gasteiger partial charge < -0.3 is 14.8 Å². The molecule has 2 N–H and O–H groups in total. The maximum atomic E-state index is 13.0. The summed E-state index contributed by atoms with van der Waals surface area (Å²) in [6.07, 6.45) is 0.352. The van der Waals surface area contributed by atoms with Crippen LogP contribution in [0.1, 0.15) is 22.9 Å². The van der Waals surface area contributed by atoms with Crippen LogP contribution in [0.5, 0.6) is 11.5 Å². The number of amides is 1. The second-order valence-electron chi connectivity index (χ2n) is 6.01. The van der Waals surface area contributed by atoms with Crippen LogP contribution in [0.2, 0.25) is 0 Å². The zero-order valence-electron chi connectivity index (χ0n) is 15.4. The van der Waals surface area contributed by atoms with Gasteiger partial charge in [-0.25, -0.2) is 0 Å². The van der Waals surface area contributed by atoms with Gasteiger partial charge in [-0.15, -0.1) is 10.2 Å². The number of hydrogen-bond acceptors (Lipinski definition) is 6. The van der Waals surface area contributed by atoms with Gasteiger partial charge in [0.2, 0.25) is 5.91 Å². The van der Waals surface area contributed by atoms with Crippen LogP contribution >= 0.6 is 0 Å². The number of aryl methyl sites for hydroxylation is 1. The first-order valence-corrected chi connectivity index (χ1v) is 8.43. The molecule has 1 heterocycles. The number of carbonyl (C=O) groups excluding carboxylic acids is 1. The van der Waals surface area contributed by atoms with Crippen molar-refractivity contribution in [2.24, 2.45) is 0 Å². The number of hydrogen-bond donors (Lipinski definition) is 2. The maximum absolute atomic E-state index is 13.0. The number of ether oxygens (including phenoxy) is 2. The minimum absolute atomic E-state index is 0.219. The lowest BCUT2D eigenvalue weighted by Crippen LogP contribution is -2.24. The van der Waals surface area contributed by atoms with E-state index in [1.807, 2.05) is 43.3 Å². The zero-order chi connectivity index (χ0) is 19.2. The van der Waals surface area contributed by atoms with Gasteiger partial charge in [-0.05, 0) is 36.6 Å². The number of nitrogens with one attached hydrogen (secondary N) is 2. The predicted molar refractivity (Wildman–Crippen MR) is 100.0 cm³/mol. The highest BCUT2D eigenvalue weighted by atomic mass is 16.5. The van der Waals surface area contributed by atoms with Crippen LogP contribution in [0.3, 0.4) is 0 Å². The monoisotopic (exact) mass is 367 g/mol. The fourth-order valence-corrected chi connectivity index (χ4v) is 2.79. The average Bonchev–Trinajstić information content (AvgIpc) is 3.22. The van der Waals surface area contributed by atoms with Crippen LogP contribution in [-0.2, 0) is 11.2 Å². The summed E-state index contributed by atoms with van der Waals surface area (Å²) >= 11 is 0. The molecule has 0 spiro atoms. The lowest BCUT2D eigenvalue weighted by molar-refractivity contribution is -0.117. The summed E-state index contributed by atoms with van der Waals surface area (Å²) in [4.78, 5) is 13.0. The van der Waals surface area contributed by atoms with Gasteiger partial charge >= 0.3 is 0 Å². The molecule has 1 atom stereocenters. The summed E-state index contributed by atoms with van der Waals surface area (Å²) in [5.74, 6) is 0.774. The van der Waals surface area contributed by atoms with Crippen molar-refractivity contribution in [1.82, 2.24) is 20.6 Å². The molecule has 3 rings (SSSR count). The van der Waals surface area contributed by atoms with E-state index in [-0.39, 0.29) is 5.91 Å². The van der Waals surface area contributed by atoms with Gasteiger partial charge in [0.25, 0.3) is 0 Å². The molecule has 0 aliphatic rings. The van der Waals surface area contributed by atoms with E-state index in [4.69, 9.17) is 9.47 Å². The molecule has 0 unspecified atom stereocenters. The molecule has 0 saturated heterocycles. The second kappa shape index (κ2) is 8.31. The Morgan fingerprint density at radius 3 is 2.67 bits per heavy atom. The van der Waals surface area contributed by atoms with Crippen molar-refractivity contribution in [3.8, 4) is 11.5 Å². The fourth-order valence-electron chi connectivity index (χ4n) is 2.79. The summed E-state index contributed by atoms with van der Waals surface area (Å²) in [6, 6.07) is 13.1. The van der Waals surface area contributed by atoms with E-state index >= 15 is 0 Å². The SMILES string of the molecule is COc1ccc(C[C@@H](C(=O)Nc2ccccc2C)c2nn[nH]n2)c(OC)c1. The Labute approximate surface area is 156 Å². The maximum Gasteiger partial charge on any atom is 0.235 e. The molecule has 8 nitrogen and oxygen atoms in total. The quantitative estimate of drug-likeness (QED) is 0.665. The van der Waals surface area contributed by atoms with E-state index in [0.717, 1.165) is 16.8 Å². The highest BCUT2D eigenvalue weighted by Gasteiger charge is 2.27. The number of para-hydroxylation sites is 1. The van der Waals surface area contributed by atoms with E-state index < -0.39 is 5.92 Å². The molecule has 2 aromatic carbocycles. The number of methoxy groups -OCH3 is 2. The van der Waals surface area contributed by atoms with Gasteiger partial charge in [0, 0.05) is 11.8 Å². The van der Waals surface area contributed by atoms with Crippen LogP contribution < -0.4 is 14.8 Å². The number of benzene rings is 2. The summed E-state index contributed by atoms with van der Waals surface area (Å²) in [5, 5.41) is 17.0. The van der Waals surface area contributed by atoms with Gasteiger partial charge in [-0.1, -0.05) is 29.5 Å². The van der Waals surface area contributed by atoms with Gasteiger partial charge in [-0.2, -0.15) is 5.21 Å². The molecule has 3 aromatic rings. The van der Waals surface area contributed by atoms with Crippen LogP contribution in [0, 0.1) is 6.92 Å². The van der Waals surface area contributed by atoms with E-state index in [1.54, 1.807) is 20.3 Å². The van der Waals surface area contributed by atoms with Crippen LogP contribution in [0.25, 0.3) is 0 Å². The molecule has 8 heteroatoms. The first-order valence-electron chi connectivity index (χ1n) is 8.43. The van der Waals surface area contributed by atoms with E-state index in [9.17, 15) is 4.79 Å². The summed E-state index contributed by atoms with van der Waals surface area (Å²) in [7, 11) is 3.17. The third-order valence-corrected chi connectivity index (χ3v) is 4.31. The Morgan fingerprint density at radius 1 is 1.19 bits per heavy atom. The average molecular weight is 367 g/mol. The highest BCUT2D eigenvalue weighted by Crippen LogP contribution is 2.29. The molecular weight excluding hydrogens is 346 g/mol. The van der Waals surface area contributed by atoms with Gasteiger partial charge in [0.15, 0.2) is 5.82 Å². The van der Waals surface area contributed by atoms with Crippen molar-refractivity contribution in [2.45, 2.75) is 19.3 Å². The number of carbonyl (C=O) groups is 1. The molecule has 0 aliphatic heterocycles. The number of tetrazole rings is 1. The van der Waals surface area contributed by atoms with E-state index in [0.29, 0.717) is 23.7 Å². The minimum Gasteiger partial charge on any atom is -0.497 e. The Bertz CT molecular complexity index is 911. The van der Waals surface area contributed by atoms with Gasteiger partial charge in [-0.3, -0.25) is 4.79 Å². The highest BCUT2D eigenvalue weighted by molar-refractivity contribution is 5.96. The summed E-state index contributed by atoms with van der Waals surface area (Å²) < 4.78 is 10.7. The van der Waals surface area contributed by atoms with Crippen molar-refractivity contribution in [2.75, 3.05) is 19.5 Å². The molecule has 27 heavy (non-hydrogen) atoms. The van der Waals surface area contributed by atoms with Crippen molar-refractivity contribution in [1.29, 1.82) is 0 Å². The van der Waals surface area contributed by atoms with Crippen LogP contribution in [0.4, 0.5) is 5.69 Å². The Balaban J connectivity index is 1.89. The molecule has 1 amide bonds. The van der Waals surface area contributed by atoms with Crippen LogP contribution in [-0.4, -0.2) is 40.8 Å². The van der Waals surface area contributed by atoms with Crippen molar-refractivity contribution in [3.05, 3.63) is 59.4 Å². The van der Waals surface area contributed by atoms with Gasteiger partial charge in [0.05, 0.1) is 14.2 Å². The lowest BCUT2D eigenvalue weighted by Gasteiger charge is -2.17. The molecule has 1 aromatic heterocycles. The summed E-state index contributed by atoms with van der Waals surface area (Å²) in [6.45, 7) is 1.94. The van der Waals surface area contributed by atoms with Crippen LogP contribution in [0.15, 0.2) is 42.5 Å². The lowest BCUT2D eigenvalue weighted by atomic mass is 9.96. The molecule has 0 saturated carbocycles. The van der Waals surface area contributed by atoms with E-state index in [2.05, 4.69) is 25.9 Å². The predicted octanol–water partition coefficient (Wildman–Crippen LogP) is 2.49. The second-order valence-corrected chi connectivity index (χ2v) is 6.01. The van der Waals surface area contributed by atoms with Crippen molar-refractivity contribution < 1.29 is 14.3 Å². The van der Waals surface area contributed by atoms with Crippen molar-refractivity contribution in [3.63, 3.8) is 0 Å². The Kier molecular flexibility index (Phi) is 5.65. The molecular formula is C19H21N5O3. The molecule has 0 bridgehead atoms. The number of anilines is 1. The summed E-state index contributed by atoms with van der Waals surface area (Å²) in [5.41, 5.74) is 2.56. The minimum atomic E-state index is -0.634. The number of nitrogens with zero attached hydrogens (tertiary/aromatic N) is 3. The standard InChI is InChI=1S/C19H21N5O3/c1-12-6-4-5-7-16(12)20-19(25)15(18-21-23-24-22-18)10-13-8-9-14(26-2)11-17(13)27-3/h4-9,11,15H,10H2,1-3H3,(H,20,25)(H,21,22,23,24)/t15-/m1/s1. The molecule has 140 valence electrons. The smallest absolute Gasteiger partial charge is 0.235 e. The topological polar surface area (TPSA) is 102 Å². The molecule has 0 radical (unpaired) electrons. The number of H-pyrrole nitrogens is 1. The first kappa shape index (κ1) is 18.4. The first-order chi connectivity index (χ1) is 13.1. The third kappa shape index (κ3) is 4.22. The van der Waals surface area contributed by atoms with Crippen molar-refractivity contribution >= 4 is 11.6 Å². The Morgan fingerprint density at radius 2 is 2.00 bits per heavy atom. The normalized spacial score (nSPS) is 11.7. The number of aromatic amines is 1. The molecule has 0 aliphatic carbocycles. The Hall–Kier alpha value is -3.42. The zero-order valence-corrected chi connectivity index (χ0v) is 15.4. The third-order valence-electron chi connectivity index (χ3n) is 4.31. The largest absolute Gasteiger partial charge is 0.497 e. The van der Waals surface area contributed by atoms with Gasteiger partial charge in [0.1, 0.15) is 17.4 Å². The number of rotatable bonds is 7. The molecule has 0 fully saturated rings. The van der Waals surface area contributed by atoms with E-state index in [1.165, 1.54) is 0 Å². The number of aromatic nitrogens is 4.